The molecule has 1 saturated heterocycles. The predicted octanol–water partition coefficient (Wildman–Crippen LogP) is 2.64. The normalized spacial score (nSPS) is 15.8. The van der Waals surface area contributed by atoms with E-state index in [4.69, 9.17) is 9.84 Å². The number of piperidine rings is 1. The molecule has 1 aromatic heterocycles. The standard InChI is InChI=1S/C21H27N3O3/c1-23(15-21(25)26)19-8-12-24(13-9-19)14-17-2-4-20(5-3-17)27-16-18-6-10-22-11-7-18/h2-7,10-11,19H,8-9,12-16H2,1H3,(H,25,26). The Morgan fingerprint density at radius 2 is 1.81 bits per heavy atom. The molecule has 0 saturated carbocycles. The molecular formula is C21H27N3O3. The van der Waals surface area contributed by atoms with Crippen molar-refractivity contribution in [1.82, 2.24) is 14.8 Å². The number of pyridine rings is 1. The van der Waals surface area contributed by atoms with Gasteiger partial charge in [0.05, 0.1) is 6.54 Å². The van der Waals surface area contributed by atoms with Gasteiger partial charge in [-0.05, 0) is 68.4 Å². The molecule has 3 rings (SSSR count). The molecule has 2 heterocycles. The Labute approximate surface area is 160 Å². The molecule has 0 bridgehead atoms. The predicted molar refractivity (Wildman–Crippen MR) is 104 cm³/mol. The minimum absolute atomic E-state index is 0.117. The van der Waals surface area contributed by atoms with Crippen LogP contribution in [0.25, 0.3) is 0 Å². The summed E-state index contributed by atoms with van der Waals surface area (Å²) in [6, 6.07) is 12.5. The highest BCUT2D eigenvalue weighted by Crippen LogP contribution is 2.19. The third-order valence-corrected chi connectivity index (χ3v) is 5.05. The van der Waals surface area contributed by atoms with Crippen LogP contribution in [0.15, 0.2) is 48.8 Å². The highest BCUT2D eigenvalue weighted by atomic mass is 16.5. The van der Waals surface area contributed by atoms with Crippen LogP contribution in [0, 0.1) is 0 Å². The van der Waals surface area contributed by atoms with Crippen LogP contribution >= 0.6 is 0 Å². The van der Waals surface area contributed by atoms with E-state index in [-0.39, 0.29) is 6.54 Å². The smallest absolute Gasteiger partial charge is 0.317 e. The minimum Gasteiger partial charge on any atom is -0.489 e. The molecule has 1 N–H and O–H groups in total. The van der Waals surface area contributed by atoms with E-state index in [2.05, 4.69) is 22.0 Å². The topological polar surface area (TPSA) is 65.9 Å². The molecular weight excluding hydrogens is 342 g/mol. The van der Waals surface area contributed by atoms with Gasteiger partial charge in [-0.3, -0.25) is 19.6 Å². The zero-order valence-corrected chi connectivity index (χ0v) is 15.8. The van der Waals surface area contributed by atoms with E-state index >= 15 is 0 Å². The fourth-order valence-electron chi connectivity index (χ4n) is 3.46. The summed E-state index contributed by atoms with van der Waals surface area (Å²) < 4.78 is 5.81. The number of likely N-dealkylation sites (N-methyl/N-ethyl adjacent to an activating group) is 1. The van der Waals surface area contributed by atoms with Gasteiger partial charge < -0.3 is 9.84 Å². The number of carboxylic acid groups (broad SMARTS) is 1. The van der Waals surface area contributed by atoms with E-state index in [1.165, 1.54) is 5.56 Å². The van der Waals surface area contributed by atoms with Crippen molar-refractivity contribution in [2.75, 3.05) is 26.7 Å². The van der Waals surface area contributed by atoms with Crippen molar-refractivity contribution in [1.29, 1.82) is 0 Å². The van der Waals surface area contributed by atoms with Crippen LogP contribution in [0.3, 0.4) is 0 Å². The molecule has 2 aromatic rings. The van der Waals surface area contributed by atoms with Gasteiger partial charge in [0.1, 0.15) is 12.4 Å². The van der Waals surface area contributed by atoms with Crippen LogP contribution in [0.1, 0.15) is 24.0 Å². The van der Waals surface area contributed by atoms with Crippen molar-refractivity contribution in [2.24, 2.45) is 0 Å². The van der Waals surface area contributed by atoms with Crippen LogP contribution < -0.4 is 4.74 Å². The Hall–Kier alpha value is -2.44. The van der Waals surface area contributed by atoms with Crippen LogP contribution in [-0.4, -0.2) is 58.6 Å². The highest BCUT2D eigenvalue weighted by molar-refractivity contribution is 5.69. The number of carboxylic acids is 1. The van der Waals surface area contributed by atoms with Crippen molar-refractivity contribution >= 4 is 5.97 Å². The summed E-state index contributed by atoms with van der Waals surface area (Å²) in [6.07, 6.45) is 5.56. The van der Waals surface area contributed by atoms with Gasteiger partial charge in [-0.1, -0.05) is 12.1 Å². The number of hydrogen-bond acceptors (Lipinski definition) is 5. The quantitative estimate of drug-likeness (QED) is 0.772. The highest BCUT2D eigenvalue weighted by Gasteiger charge is 2.23. The zero-order valence-electron chi connectivity index (χ0n) is 15.8. The maximum absolute atomic E-state index is 10.8. The number of rotatable bonds is 8. The summed E-state index contributed by atoms with van der Waals surface area (Å²) in [5.41, 5.74) is 2.37. The lowest BCUT2D eigenvalue weighted by molar-refractivity contribution is -0.138. The fraction of sp³-hybridized carbons (Fsp3) is 0.429. The summed E-state index contributed by atoms with van der Waals surface area (Å²) >= 11 is 0. The van der Waals surface area contributed by atoms with Crippen LogP contribution in [0.5, 0.6) is 5.75 Å². The van der Waals surface area contributed by atoms with Gasteiger partial charge in [0.2, 0.25) is 0 Å². The Bertz CT molecular complexity index is 713. The van der Waals surface area contributed by atoms with Crippen LogP contribution in [0.4, 0.5) is 0 Å². The van der Waals surface area contributed by atoms with Crippen molar-refractivity contribution < 1.29 is 14.6 Å². The van der Waals surface area contributed by atoms with E-state index in [0.29, 0.717) is 12.6 Å². The Morgan fingerprint density at radius 3 is 2.44 bits per heavy atom. The first kappa shape index (κ1) is 19.3. The van der Waals surface area contributed by atoms with Gasteiger partial charge in [0.15, 0.2) is 0 Å². The molecule has 1 fully saturated rings. The van der Waals surface area contributed by atoms with Gasteiger partial charge in [0, 0.05) is 25.0 Å². The molecule has 1 aromatic carbocycles. The Balaban J connectivity index is 1.43. The minimum atomic E-state index is -0.758. The molecule has 27 heavy (non-hydrogen) atoms. The lowest BCUT2D eigenvalue weighted by Gasteiger charge is -2.36. The summed E-state index contributed by atoms with van der Waals surface area (Å²) in [6.45, 7) is 3.56. The number of aromatic nitrogens is 1. The summed E-state index contributed by atoms with van der Waals surface area (Å²) in [5, 5.41) is 8.92. The maximum Gasteiger partial charge on any atom is 0.317 e. The molecule has 0 spiro atoms. The second-order valence-electron chi connectivity index (χ2n) is 7.10. The van der Waals surface area contributed by atoms with Crippen molar-refractivity contribution in [2.45, 2.75) is 32.0 Å². The molecule has 6 heteroatoms. The molecule has 0 unspecified atom stereocenters. The number of ether oxygens (including phenoxy) is 1. The SMILES string of the molecule is CN(CC(=O)O)C1CCN(Cc2ccc(OCc3ccncc3)cc2)CC1. The van der Waals surface area contributed by atoms with E-state index in [9.17, 15) is 4.79 Å². The lowest BCUT2D eigenvalue weighted by Crippen LogP contribution is -2.44. The number of likely N-dealkylation sites (tertiary alicyclic amines) is 1. The first-order valence-electron chi connectivity index (χ1n) is 9.35. The van der Waals surface area contributed by atoms with Gasteiger partial charge in [-0.2, -0.15) is 0 Å². The molecule has 0 radical (unpaired) electrons. The van der Waals surface area contributed by atoms with Crippen molar-refractivity contribution in [3.05, 3.63) is 59.9 Å². The molecule has 0 amide bonds. The Kier molecular flexibility index (Phi) is 6.79. The maximum atomic E-state index is 10.8. The van der Waals surface area contributed by atoms with Crippen molar-refractivity contribution in [3.8, 4) is 5.75 Å². The lowest BCUT2D eigenvalue weighted by atomic mass is 10.0. The first-order valence-corrected chi connectivity index (χ1v) is 9.35. The van der Waals surface area contributed by atoms with E-state index < -0.39 is 5.97 Å². The second kappa shape index (κ2) is 9.48. The summed E-state index contributed by atoms with van der Waals surface area (Å²) in [7, 11) is 1.90. The number of nitrogens with zero attached hydrogens (tertiary/aromatic N) is 3. The number of hydrogen-bond donors (Lipinski definition) is 1. The third-order valence-electron chi connectivity index (χ3n) is 5.05. The average molecular weight is 369 g/mol. The van der Waals surface area contributed by atoms with E-state index in [0.717, 1.165) is 43.8 Å². The Morgan fingerprint density at radius 1 is 1.15 bits per heavy atom. The number of carbonyl (C=O) groups is 1. The van der Waals surface area contributed by atoms with Gasteiger partial charge in [0.25, 0.3) is 0 Å². The van der Waals surface area contributed by atoms with E-state index in [1.807, 2.05) is 36.2 Å². The number of aliphatic carboxylic acids is 1. The molecule has 6 nitrogen and oxygen atoms in total. The molecule has 0 aliphatic carbocycles. The van der Waals surface area contributed by atoms with Crippen LogP contribution in [0.2, 0.25) is 0 Å². The number of benzene rings is 1. The monoisotopic (exact) mass is 369 g/mol. The summed E-state index contributed by atoms with van der Waals surface area (Å²) in [4.78, 5) is 19.2. The second-order valence-corrected chi connectivity index (χ2v) is 7.10. The van der Waals surface area contributed by atoms with Gasteiger partial charge in [-0.25, -0.2) is 0 Å². The third kappa shape index (κ3) is 6.05. The zero-order chi connectivity index (χ0) is 19.1. The molecule has 1 aliphatic rings. The van der Waals surface area contributed by atoms with Crippen molar-refractivity contribution in [3.63, 3.8) is 0 Å². The van der Waals surface area contributed by atoms with Crippen LogP contribution in [-0.2, 0) is 17.9 Å². The summed E-state index contributed by atoms with van der Waals surface area (Å²) in [5.74, 6) is 0.107. The van der Waals surface area contributed by atoms with Gasteiger partial charge in [-0.15, -0.1) is 0 Å². The van der Waals surface area contributed by atoms with Gasteiger partial charge >= 0.3 is 5.97 Å². The first-order chi connectivity index (χ1) is 13.1. The molecule has 1 aliphatic heterocycles. The largest absolute Gasteiger partial charge is 0.489 e. The van der Waals surface area contributed by atoms with E-state index in [1.54, 1.807) is 12.4 Å². The molecule has 144 valence electrons. The fourth-order valence-corrected chi connectivity index (χ4v) is 3.46. The average Bonchev–Trinajstić information content (AvgIpc) is 2.68. The molecule has 0 atom stereocenters.